The van der Waals surface area contributed by atoms with Crippen molar-refractivity contribution in [1.82, 2.24) is 9.88 Å². The van der Waals surface area contributed by atoms with E-state index in [2.05, 4.69) is 29.8 Å². The molecule has 2 N–H and O–H groups in total. The smallest absolute Gasteiger partial charge is 0.337 e. The van der Waals surface area contributed by atoms with E-state index in [4.69, 9.17) is 0 Å². The molecule has 0 bridgehead atoms. The Bertz CT molecular complexity index is 682. The molecule has 3 rings (SSSR count). The molecule has 2 aromatic rings. The molecule has 0 spiro atoms. The topological polar surface area (TPSA) is 54.3 Å². The zero-order valence-electron chi connectivity index (χ0n) is 13.3. The van der Waals surface area contributed by atoms with Gasteiger partial charge >= 0.3 is 5.97 Å². The molecule has 1 aliphatic carbocycles. The monoisotopic (exact) mass is 300 g/mol. The van der Waals surface area contributed by atoms with E-state index in [9.17, 15) is 9.90 Å². The zero-order valence-corrected chi connectivity index (χ0v) is 13.3. The molecule has 1 fully saturated rings. The van der Waals surface area contributed by atoms with Crippen molar-refractivity contribution in [2.24, 2.45) is 0 Å². The summed E-state index contributed by atoms with van der Waals surface area (Å²) in [5.41, 5.74) is 2.40. The van der Waals surface area contributed by atoms with E-state index in [1.165, 1.54) is 31.4 Å². The maximum atomic E-state index is 11.5. The molecule has 1 aromatic carbocycles. The van der Waals surface area contributed by atoms with Crippen LogP contribution < -0.4 is 5.32 Å². The molecule has 0 radical (unpaired) electrons. The maximum absolute atomic E-state index is 11.5. The zero-order chi connectivity index (χ0) is 15.7. The molecule has 22 heavy (non-hydrogen) atoms. The number of carboxylic acids is 1. The number of hydrogen-bond acceptors (Lipinski definition) is 2. The molecule has 0 aliphatic heterocycles. The summed E-state index contributed by atoms with van der Waals surface area (Å²) in [7, 11) is 0. The summed E-state index contributed by atoms with van der Waals surface area (Å²) >= 11 is 0. The van der Waals surface area contributed by atoms with Gasteiger partial charge in [0, 0.05) is 29.7 Å². The van der Waals surface area contributed by atoms with Crippen LogP contribution in [0.15, 0.2) is 24.3 Å². The number of para-hydroxylation sites is 1. The van der Waals surface area contributed by atoms with Gasteiger partial charge < -0.3 is 15.0 Å². The van der Waals surface area contributed by atoms with Gasteiger partial charge in [-0.2, -0.15) is 0 Å². The van der Waals surface area contributed by atoms with E-state index in [1.807, 2.05) is 12.1 Å². The lowest BCUT2D eigenvalue weighted by Gasteiger charge is -2.18. The Hall–Kier alpha value is -1.81. The van der Waals surface area contributed by atoms with E-state index in [-0.39, 0.29) is 6.04 Å². The molecule has 4 heteroatoms. The molecular formula is C18H24N2O2. The number of benzene rings is 1. The van der Waals surface area contributed by atoms with E-state index < -0.39 is 5.97 Å². The molecule has 1 aromatic heterocycles. The minimum atomic E-state index is -0.860. The summed E-state index contributed by atoms with van der Waals surface area (Å²) in [5.74, 6) is -0.860. The van der Waals surface area contributed by atoms with E-state index in [1.54, 1.807) is 6.07 Å². The highest BCUT2D eigenvalue weighted by atomic mass is 16.4. The van der Waals surface area contributed by atoms with Gasteiger partial charge in [0.15, 0.2) is 0 Å². The third kappa shape index (κ3) is 2.75. The Morgan fingerprint density at radius 3 is 2.73 bits per heavy atom. The highest BCUT2D eigenvalue weighted by Crippen LogP contribution is 2.28. The van der Waals surface area contributed by atoms with Crippen LogP contribution in [-0.2, 0) is 6.54 Å². The summed E-state index contributed by atoms with van der Waals surface area (Å²) < 4.78 is 2.17. The number of nitrogens with zero attached hydrogens (tertiary/aromatic N) is 1. The van der Waals surface area contributed by atoms with Crippen molar-refractivity contribution in [3.05, 3.63) is 35.5 Å². The second-order valence-corrected chi connectivity index (χ2v) is 6.51. The van der Waals surface area contributed by atoms with Crippen LogP contribution in [0.25, 0.3) is 10.9 Å². The summed E-state index contributed by atoms with van der Waals surface area (Å²) in [4.78, 5) is 11.5. The lowest BCUT2D eigenvalue weighted by Crippen LogP contribution is -2.26. The van der Waals surface area contributed by atoms with Gasteiger partial charge in [0.25, 0.3) is 0 Å². The van der Waals surface area contributed by atoms with E-state index >= 15 is 0 Å². The number of rotatable bonds is 5. The van der Waals surface area contributed by atoms with Gasteiger partial charge in [0.1, 0.15) is 0 Å². The van der Waals surface area contributed by atoms with Gasteiger partial charge in [-0.05, 0) is 38.8 Å². The van der Waals surface area contributed by atoms with E-state index in [0.29, 0.717) is 11.6 Å². The first-order valence-corrected chi connectivity index (χ1v) is 8.17. The van der Waals surface area contributed by atoms with E-state index in [0.717, 1.165) is 17.4 Å². The van der Waals surface area contributed by atoms with Crippen LogP contribution in [-0.4, -0.2) is 21.7 Å². The first-order valence-electron chi connectivity index (χ1n) is 8.17. The largest absolute Gasteiger partial charge is 0.478 e. The lowest BCUT2D eigenvalue weighted by atomic mass is 10.1. The van der Waals surface area contributed by atoms with Crippen molar-refractivity contribution in [3.8, 4) is 0 Å². The molecule has 1 heterocycles. The maximum Gasteiger partial charge on any atom is 0.337 e. The van der Waals surface area contributed by atoms with Crippen molar-refractivity contribution in [3.63, 3.8) is 0 Å². The molecule has 0 amide bonds. The molecule has 4 nitrogen and oxygen atoms in total. The number of carboxylic acid groups (broad SMARTS) is 1. The molecule has 1 aliphatic rings. The second kappa shape index (κ2) is 6.13. The Balaban J connectivity index is 2.00. The lowest BCUT2D eigenvalue weighted by molar-refractivity contribution is 0.0698. The van der Waals surface area contributed by atoms with Crippen LogP contribution in [0.4, 0.5) is 0 Å². The minimum absolute atomic E-state index is 0.235. The summed E-state index contributed by atoms with van der Waals surface area (Å²) in [6.45, 7) is 5.02. The van der Waals surface area contributed by atoms with Gasteiger partial charge in [0.2, 0.25) is 0 Å². The molecule has 0 atom stereocenters. The van der Waals surface area contributed by atoms with Crippen molar-refractivity contribution >= 4 is 16.9 Å². The number of nitrogens with one attached hydrogen (secondary N) is 1. The van der Waals surface area contributed by atoms with Crippen LogP contribution >= 0.6 is 0 Å². The normalized spacial score (nSPS) is 16.0. The van der Waals surface area contributed by atoms with Crippen LogP contribution in [0.1, 0.15) is 61.6 Å². The van der Waals surface area contributed by atoms with Crippen LogP contribution in [0, 0.1) is 0 Å². The summed E-state index contributed by atoms with van der Waals surface area (Å²) in [6, 6.07) is 8.49. The minimum Gasteiger partial charge on any atom is -0.478 e. The number of aromatic carboxylic acids is 1. The average Bonchev–Trinajstić information content (AvgIpc) is 3.11. The van der Waals surface area contributed by atoms with Gasteiger partial charge in [0.05, 0.1) is 11.1 Å². The van der Waals surface area contributed by atoms with Crippen molar-refractivity contribution < 1.29 is 9.90 Å². The summed E-state index contributed by atoms with van der Waals surface area (Å²) in [6.07, 6.45) is 5.13. The molecule has 0 saturated heterocycles. The SMILES string of the molecule is CC(C)n1c(CNC2CCCC2)cc2cccc(C(=O)O)c21. The number of aromatic nitrogens is 1. The van der Waals surface area contributed by atoms with Gasteiger partial charge in [-0.15, -0.1) is 0 Å². The molecular weight excluding hydrogens is 276 g/mol. The molecule has 1 saturated carbocycles. The predicted molar refractivity (Wildman–Crippen MR) is 88.4 cm³/mol. The van der Waals surface area contributed by atoms with Gasteiger partial charge in [-0.3, -0.25) is 0 Å². The number of fused-ring (bicyclic) bond motifs is 1. The van der Waals surface area contributed by atoms with Crippen LogP contribution in [0.2, 0.25) is 0 Å². The fourth-order valence-electron chi connectivity index (χ4n) is 3.62. The second-order valence-electron chi connectivity index (χ2n) is 6.51. The van der Waals surface area contributed by atoms with Gasteiger partial charge in [-0.1, -0.05) is 25.0 Å². The first-order chi connectivity index (χ1) is 10.6. The van der Waals surface area contributed by atoms with Gasteiger partial charge in [-0.25, -0.2) is 4.79 Å². The van der Waals surface area contributed by atoms with Crippen LogP contribution in [0.3, 0.4) is 0 Å². The van der Waals surface area contributed by atoms with Crippen molar-refractivity contribution in [1.29, 1.82) is 0 Å². The average molecular weight is 300 g/mol. The highest BCUT2D eigenvalue weighted by Gasteiger charge is 2.19. The fraction of sp³-hybridized carbons (Fsp3) is 0.500. The number of hydrogen-bond donors (Lipinski definition) is 2. The Kier molecular flexibility index (Phi) is 4.21. The third-order valence-electron chi connectivity index (χ3n) is 4.61. The fourth-order valence-corrected chi connectivity index (χ4v) is 3.62. The quantitative estimate of drug-likeness (QED) is 0.879. The first kappa shape index (κ1) is 15.1. The van der Waals surface area contributed by atoms with Crippen molar-refractivity contribution in [2.45, 2.75) is 58.2 Å². The third-order valence-corrected chi connectivity index (χ3v) is 4.61. The molecule has 118 valence electrons. The van der Waals surface area contributed by atoms with Crippen molar-refractivity contribution in [2.75, 3.05) is 0 Å². The summed E-state index contributed by atoms with van der Waals surface area (Å²) in [5, 5.41) is 14.1. The Morgan fingerprint density at radius 1 is 1.36 bits per heavy atom. The predicted octanol–water partition coefficient (Wildman–Crippen LogP) is 3.95. The van der Waals surface area contributed by atoms with Crippen LogP contribution in [0.5, 0.6) is 0 Å². The Labute approximate surface area is 131 Å². The standard InChI is InChI=1S/C18H24N2O2/c1-12(2)20-15(11-19-14-7-3-4-8-14)10-13-6-5-9-16(17(13)20)18(21)22/h5-6,9-10,12,14,19H,3-4,7-8,11H2,1-2H3,(H,21,22). The number of carbonyl (C=O) groups is 1. The Morgan fingerprint density at radius 2 is 2.09 bits per heavy atom. The highest BCUT2D eigenvalue weighted by molar-refractivity contribution is 6.02. The molecule has 0 unspecified atom stereocenters.